The van der Waals surface area contributed by atoms with E-state index in [-0.39, 0.29) is 0 Å². The quantitative estimate of drug-likeness (QED) is 0.195. The second-order valence-electron chi connectivity index (χ2n) is 12.2. The highest BCUT2D eigenvalue weighted by Crippen LogP contribution is 2.43. The van der Waals surface area contributed by atoms with Gasteiger partial charge in [-0.15, -0.1) is 0 Å². The van der Waals surface area contributed by atoms with Crippen LogP contribution >= 0.6 is 0 Å². The Balaban J connectivity index is 1.17. The smallest absolute Gasteiger partial charge is 0.0470 e. The molecule has 0 aromatic heterocycles. The molecule has 220 valence electrons. The summed E-state index contributed by atoms with van der Waals surface area (Å²) in [6.07, 6.45) is 0. The van der Waals surface area contributed by atoms with Crippen LogP contribution in [0.3, 0.4) is 0 Å². The number of hydrogen-bond donors (Lipinski definition) is 1. The van der Waals surface area contributed by atoms with Crippen LogP contribution in [-0.4, -0.2) is 0 Å². The first-order chi connectivity index (χ1) is 23.3. The van der Waals surface area contributed by atoms with Gasteiger partial charge in [0.05, 0.1) is 0 Å². The predicted molar refractivity (Wildman–Crippen MR) is 202 cm³/mol. The van der Waals surface area contributed by atoms with Gasteiger partial charge < -0.3 is 5.32 Å². The van der Waals surface area contributed by atoms with E-state index in [0.717, 1.165) is 11.4 Å². The summed E-state index contributed by atoms with van der Waals surface area (Å²) in [4.78, 5) is 0. The van der Waals surface area contributed by atoms with Crippen LogP contribution in [0.25, 0.3) is 76.5 Å². The third kappa shape index (κ3) is 4.72. The molecule has 0 fully saturated rings. The van der Waals surface area contributed by atoms with Crippen molar-refractivity contribution in [3.05, 3.63) is 182 Å². The lowest BCUT2D eigenvalue weighted by Gasteiger charge is -2.19. The van der Waals surface area contributed by atoms with Gasteiger partial charge in [0.25, 0.3) is 0 Å². The van der Waals surface area contributed by atoms with Crippen molar-refractivity contribution in [2.24, 2.45) is 0 Å². The van der Waals surface area contributed by atoms with Gasteiger partial charge in [-0.1, -0.05) is 152 Å². The Kier molecular flexibility index (Phi) is 6.54. The highest BCUT2D eigenvalue weighted by atomic mass is 14.9. The molecule has 1 heteroatoms. The van der Waals surface area contributed by atoms with Gasteiger partial charge in [0.1, 0.15) is 0 Å². The fraction of sp³-hybridized carbons (Fsp3) is 0. The van der Waals surface area contributed by atoms with Crippen molar-refractivity contribution in [2.75, 3.05) is 5.32 Å². The Morgan fingerprint density at radius 3 is 1.45 bits per heavy atom. The molecular weight excluding hydrogens is 567 g/mol. The van der Waals surface area contributed by atoms with Crippen LogP contribution in [0.15, 0.2) is 182 Å². The van der Waals surface area contributed by atoms with Gasteiger partial charge in [0, 0.05) is 16.9 Å². The maximum absolute atomic E-state index is 3.81. The lowest BCUT2D eigenvalue weighted by atomic mass is 9.88. The molecule has 0 aliphatic carbocycles. The van der Waals surface area contributed by atoms with Crippen molar-refractivity contribution < 1.29 is 0 Å². The van der Waals surface area contributed by atoms with E-state index in [9.17, 15) is 0 Å². The second-order valence-corrected chi connectivity index (χ2v) is 12.2. The molecule has 0 saturated heterocycles. The highest BCUT2D eigenvalue weighted by Gasteiger charge is 2.17. The van der Waals surface area contributed by atoms with E-state index in [0.29, 0.717) is 0 Å². The first kappa shape index (κ1) is 27.2. The SMILES string of the molecule is c1ccc(-c2c(Nc3ccc(-c4cc5ccccc5c5ccccc45)cc3)cccc2-c2cc3ccccc3c3ccccc23)cc1. The first-order valence-corrected chi connectivity index (χ1v) is 16.2. The molecule has 9 rings (SSSR count). The van der Waals surface area contributed by atoms with E-state index in [4.69, 9.17) is 0 Å². The number of anilines is 2. The Bertz CT molecular complexity index is 2580. The molecule has 0 atom stereocenters. The lowest BCUT2D eigenvalue weighted by Crippen LogP contribution is -1.96. The molecular formula is C46H31N. The molecule has 0 radical (unpaired) electrons. The van der Waals surface area contributed by atoms with Crippen LogP contribution in [0.4, 0.5) is 11.4 Å². The number of rotatable bonds is 5. The van der Waals surface area contributed by atoms with Crippen LogP contribution in [0.1, 0.15) is 0 Å². The summed E-state index contributed by atoms with van der Waals surface area (Å²) in [6, 6.07) is 65.8. The van der Waals surface area contributed by atoms with Gasteiger partial charge in [-0.3, -0.25) is 0 Å². The molecule has 0 unspecified atom stereocenters. The van der Waals surface area contributed by atoms with Crippen LogP contribution in [-0.2, 0) is 0 Å². The molecule has 0 aliphatic rings. The maximum atomic E-state index is 3.81. The van der Waals surface area contributed by atoms with Crippen molar-refractivity contribution in [1.82, 2.24) is 0 Å². The molecule has 1 N–H and O–H groups in total. The fourth-order valence-electron chi connectivity index (χ4n) is 7.26. The van der Waals surface area contributed by atoms with Gasteiger partial charge in [-0.2, -0.15) is 0 Å². The summed E-state index contributed by atoms with van der Waals surface area (Å²) in [5.41, 5.74) is 9.41. The third-order valence-electron chi connectivity index (χ3n) is 9.43. The summed E-state index contributed by atoms with van der Waals surface area (Å²) in [5, 5.41) is 14.0. The minimum absolute atomic E-state index is 1.05. The lowest BCUT2D eigenvalue weighted by molar-refractivity contribution is 1.53. The van der Waals surface area contributed by atoms with Crippen molar-refractivity contribution in [3.8, 4) is 33.4 Å². The minimum Gasteiger partial charge on any atom is -0.355 e. The zero-order chi connectivity index (χ0) is 31.2. The maximum Gasteiger partial charge on any atom is 0.0470 e. The van der Waals surface area contributed by atoms with Crippen LogP contribution < -0.4 is 5.32 Å². The number of hydrogen-bond acceptors (Lipinski definition) is 1. The van der Waals surface area contributed by atoms with E-state index in [1.165, 1.54) is 76.5 Å². The van der Waals surface area contributed by atoms with E-state index in [1.807, 2.05) is 0 Å². The van der Waals surface area contributed by atoms with Crippen molar-refractivity contribution in [2.45, 2.75) is 0 Å². The average Bonchev–Trinajstić information content (AvgIpc) is 3.15. The van der Waals surface area contributed by atoms with Crippen molar-refractivity contribution >= 4 is 54.5 Å². The Morgan fingerprint density at radius 1 is 0.298 bits per heavy atom. The van der Waals surface area contributed by atoms with Gasteiger partial charge in [-0.05, 0) is 101 Å². The highest BCUT2D eigenvalue weighted by molar-refractivity contribution is 6.16. The fourth-order valence-corrected chi connectivity index (χ4v) is 7.26. The van der Waals surface area contributed by atoms with Crippen LogP contribution in [0.2, 0.25) is 0 Å². The summed E-state index contributed by atoms with van der Waals surface area (Å²) < 4.78 is 0. The summed E-state index contributed by atoms with van der Waals surface area (Å²) in [6.45, 7) is 0. The molecule has 9 aromatic rings. The number of fused-ring (bicyclic) bond motifs is 6. The Hall–Kier alpha value is -6.18. The van der Waals surface area contributed by atoms with Crippen molar-refractivity contribution in [1.29, 1.82) is 0 Å². The zero-order valence-electron chi connectivity index (χ0n) is 25.8. The van der Waals surface area contributed by atoms with E-state index < -0.39 is 0 Å². The number of benzene rings is 9. The van der Waals surface area contributed by atoms with Gasteiger partial charge >= 0.3 is 0 Å². The van der Waals surface area contributed by atoms with E-state index in [1.54, 1.807) is 0 Å². The zero-order valence-corrected chi connectivity index (χ0v) is 25.8. The minimum atomic E-state index is 1.05. The molecule has 47 heavy (non-hydrogen) atoms. The summed E-state index contributed by atoms with van der Waals surface area (Å²) in [7, 11) is 0. The second kappa shape index (κ2) is 11.3. The number of nitrogens with one attached hydrogen (secondary N) is 1. The first-order valence-electron chi connectivity index (χ1n) is 16.2. The van der Waals surface area contributed by atoms with E-state index in [2.05, 4.69) is 187 Å². The largest absolute Gasteiger partial charge is 0.355 e. The van der Waals surface area contributed by atoms with E-state index >= 15 is 0 Å². The molecule has 9 aromatic carbocycles. The third-order valence-corrected chi connectivity index (χ3v) is 9.43. The van der Waals surface area contributed by atoms with Gasteiger partial charge in [0.2, 0.25) is 0 Å². The molecule has 0 bridgehead atoms. The Morgan fingerprint density at radius 2 is 0.809 bits per heavy atom. The standard InChI is InChI=1S/C46H31N/c1-2-13-32(14-3-1)46-42(44-30-34-16-5-7-18-37(34)39-20-9-11-22-41(39)44)23-12-24-45(46)47-35-27-25-31(26-28-35)43-29-33-15-4-6-17-36(33)38-19-8-10-21-40(38)43/h1-30,47H. The topological polar surface area (TPSA) is 12.0 Å². The van der Waals surface area contributed by atoms with Gasteiger partial charge in [0.15, 0.2) is 0 Å². The predicted octanol–water partition coefficient (Wildman–Crippen LogP) is 13.0. The molecule has 0 heterocycles. The molecule has 1 nitrogen and oxygen atoms in total. The molecule has 0 spiro atoms. The normalized spacial score (nSPS) is 11.4. The molecule has 0 aliphatic heterocycles. The monoisotopic (exact) mass is 597 g/mol. The van der Waals surface area contributed by atoms with Gasteiger partial charge in [-0.25, -0.2) is 0 Å². The molecule has 0 amide bonds. The van der Waals surface area contributed by atoms with Crippen LogP contribution in [0, 0.1) is 0 Å². The summed E-state index contributed by atoms with van der Waals surface area (Å²) >= 11 is 0. The summed E-state index contributed by atoms with van der Waals surface area (Å²) in [5.74, 6) is 0. The molecule has 0 saturated carbocycles. The van der Waals surface area contributed by atoms with Crippen LogP contribution in [0.5, 0.6) is 0 Å². The Labute approximate surface area is 274 Å². The van der Waals surface area contributed by atoms with Crippen molar-refractivity contribution in [3.63, 3.8) is 0 Å². The average molecular weight is 598 g/mol.